The van der Waals surface area contributed by atoms with Crippen molar-refractivity contribution in [3.8, 4) is 5.75 Å². The Labute approximate surface area is 119 Å². The number of hydrogen-bond donors (Lipinski definition) is 1. The molecule has 3 rings (SSSR count). The van der Waals surface area contributed by atoms with Crippen molar-refractivity contribution in [3.63, 3.8) is 0 Å². The van der Waals surface area contributed by atoms with Gasteiger partial charge in [0.15, 0.2) is 0 Å². The van der Waals surface area contributed by atoms with Crippen LogP contribution in [0, 0.1) is 12.8 Å². The van der Waals surface area contributed by atoms with E-state index in [1.165, 1.54) is 0 Å². The smallest absolute Gasteiger partial charge is 0.230 e. The number of carbonyl (C=O) groups is 1. The second-order valence-electron chi connectivity index (χ2n) is 6.12. The highest BCUT2D eigenvalue weighted by Crippen LogP contribution is 2.37. The zero-order valence-corrected chi connectivity index (χ0v) is 12.1. The predicted molar refractivity (Wildman–Crippen MR) is 78.9 cm³/mol. The van der Waals surface area contributed by atoms with Crippen LogP contribution in [0.15, 0.2) is 18.2 Å². The van der Waals surface area contributed by atoms with Gasteiger partial charge in [-0.25, -0.2) is 0 Å². The van der Waals surface area contributed by atoms with E-state index in [0.29, 0.717) is 6.54 Å². The second kappa shape index (κ2) is 5.09. The number of carbonyl (C=O) groups excluding carboxylic acids is 1. The Bertz CT molecular complexity index is 529. The summed E-state index contributed by atoms with van der Waals surface area (Å²) < 4.78 is 5.86. The molecule has 0 saturated heterocycles. The highest BCUT2D eigenvalue weighted by atomic mass is 16.5. The van der Waals surface area contributed by atoms with Crippen LogP contribution in [0.3, 0.4) is 0 Å². The highest BCUT2D eigenvalue weighted by molar-refractivity contribution is 5.97. The minimum absolute atomic E-state index is 0.0309. The third-order valence-electron chi connectivity index (χ3n) is 4.26. The molecule has 2 N–H and O–H groups in total. The Morgan fingerprint density at radius 3 is 2.90 bits per heavy atom. The summed E-state index contributed by atoms with van der Waals surface area (Å²) in [6.45, 7) is 4.66. The van der Waals surface area contributed by atoms with Gasteiger partial charge >= 0.3 is 0 Å². The molecule has 2 aliphatic rings. The number of ether oxygens (including phenoxy) is 1. The Morgan fingerprint density at radius 2 is 2.20 bits per heavy atom. The zero-order chi connectivity index (χ0) is 14.3. The Kier molecular flexibility index (Phi) is 3.42. The maximum Gasteiger partial charge on any atom is 0.230 e. The molecule has 1 fully saturated rings. The molecule has 20 heavy (non-hydrogen) atoms. The first-order valence-corrected chi connectivity index (χ1v) is 7.39. The van der Waals surface area contributed by atoms with E-state index in [1.807, 2.05) is 36.9 Å². The number of amides is 1. The Morgan fingerprint density at radius 1 is 1.40 bits per heavy atom. The summed E-state index contributed by atoms with van der Waals surface area (Å²) in [5.41, 5.74) is 7.99. The number of hydrogen-bond acceptors (Lipinski definition) is 3. The van der Waals surface area contributed by atoms with Gasteiger partial charge in [-0.15, -0.1) is 0 Å². The van der Waals surface area contributed by atoms with Gasteiger partial charge in [-0.3, -0.25) is 4.79 Å². The first-order chi connectivity index (χ1) is 9.54. The van der Waals surface area contributed by atoms with Crippen molar-refractivity contribution in [3.05, 3.63) is 23.8 Å². The minimum Gasteiger partial charge on any atom is -0.487 e. The molecule has 3 unspecified atom stereocenters. The summed E-state index contributed by atoms with van der Waals surface area (Å²) in [5.74, 6) is 1.10. The van der Waals surface area contributed by atoms with E-state index in [9.17, 15) is 4.79 Å². The zero-order valence-electron chi connectivity index (χ0n) is 12.1. The van der Waals surface area contributed by atoms with Crippen molar-refractivity contribution in [2.75, 3.05) is 11.4 Å². The first-order valence-electron chi connectivity index (χ1n) is 7.39. The molecule has 1 aromatic carbocycles. The van der Waals surface area contributed by atoms with Crippen molar-refractivity contribution in [2.45, 2.75) is 45.3 Å². The lowest BCUT2D eigenvalue weighted by Crippen LogP contribution is -2.44. The van der Waals surface area contributed by atoms with Gasteiger partial charge in [-0.05, 0) is 50.8 Å². The number of anilines is 1. The number of nitrogens with two attached hydrogens (primary N) is 1. The molecular formula is C16H22N2O2. The van der Waals surface area contributed by atoms with Crippen LogP contribution in [0.1, 0.15) is 31.7 Å². The standard InChI is InChI=1S/C16H22N2O2/c1-10-3-6-14-15(7-10)20-11(2)9-18(14)16(19)12-4-5-13(17)8-12/h3,6-7,11-13H,4-5,8-9,17H2,1-2H3. The maximum absolute atomic E-state index is 12.8. The normalized spacial score (nSPS) is 28.9. The van der Waals surface area contributed by atoms with Crippen LogP contribution in [-0.2, 0) is 4.79 Å². The van der Waals surface area contributed by atoms with E-state index >= 15 is 0 Å². The van der Waals surface area contributed by atoms with E-state index in [4.69, 9.17) is 10.5 Å². The van der Waals surface area contributed by atoms with Crippen molar-refractivity contribution in [1.29, 1.82) is 0 Å². The van der Waals surface area contributed by atoms with Crippen molar-refractivity contribution < 1.29 is 9.53 Å². The summed E-state index contributed by atoms with van der Waals surface area (Å²) in [5, 5.41) is 0. The molecule has 1 saturated carbocycles. The van der Waals surface area contributed by atoms with Crippen molar-refractivity contribution in [2.24, 2.45) is 11.7 Å². The molecule has 0 spiro atoms. The van der Waals surface area contributed by atoms with Gasteiger partial charge in [-0.1, -0.05) is 6.07 Å². The van der Waals surface area contributed by atoms with Crippen LogP contribution in [0.4, 0.5) is 5.69 Å². The molecule has 1 aliphatic carbocycles. The fourth-order valence-electron chi connectivity index (χ4n) is 3.22. The third kappa shape index (κ3) is 2.40. The summed E-state index contributed by atoms with van der Waals surface area (Å²) in [4.78, 5) is 14.6. The monoisotopic (exact) mass is 274 g/mol. The number of fused-ring (bicyclic) bond motifs is 1. The molecule has 1 aromatic rings. The fraction of sp³-hybridized carbons (Fsp3) is 0.562. The van der Waals surface area contributed by atoms with Crippen LogP contribution >= 0.6 is 0 Å². The van der Waals surface area contributed by atoms with Gasteiger partial charge in [0.05, 0.1) is 12.2 Å². The van der Waals surface area contributed by atoms with E-state index in [2.05, 4.69) is 0 Å². The van der Waals surface area contributed by atoms with Crippen LogP contribution in [0.2, 0.25) is 0 Å². The molecule has 0 radical (unpaired) electrons. The lowest BCUT2D eigenvalue weighted by atomic mass is 10.0. The van der Waals surface area contributed by atoms with Crippen molar-refractivity contribution in [1.82, 2.24) is 0 Å². The molecule has 1 amide bonds. The SMILES string of the molecule is Cc1ccc2c(c1)OC(C)CN2C(=O)C1CCC(N)C1. The van der Waals surface area contributed by atoms with Crippen LogP contribution < -0.4 is 15.4 Å². The Balaban J connectivity index is 1.88. The summed E-state index contributed by atoms with van der Waals surface area (Å²) in [6.07, 6.45) is 2.71. The average Bonchev–Trinajstić information content (AvgIpc) is 2.83. The number of benzene rings is 1. The van der Waals surface area contributed by atoms with Crippen LogP contribution in [0.5, 0.6) is 5.75 Å². The molecule has 1 aliphatic heterocycles. The molecule has 0 aromatic heterocycles. The van der Waals surface area contributed by atoms with Gasteiger partial charge in [-0.2, -0.15) is 0 Å². The van der Waals surface area contributed by atoms with Gasteiger partial charge in [0.1, 0.15) is 11.9 Å². The largest absolute Gasteiger partial charge is 0.487 e. The van der Waals surface area contributed by atoms with Gasteiger partial charge in [0.2, 0.25) is 5.91 Å². The third-order valence-corrected chi connectivity index (χ3v) is 4.26. The molecule has 4 heteroatoms. The van der Waals surface area contributed by atoms with Gasteiger partial charge in [0.25, 0.3) is 0 Å². The average molecular weight is 274 g/mol. The molecule has 108 valence electrons. The summed E-state index contributed by atoms with van der Waals surface area (Å²) in [6, 6.07) is 6.20. The molecule has 1 heterocycles. The summed E-state index contributed by atoms with van der Waals surface area (Å²) in [7, 11) is 0. The maximum atomic E-state index is 12.8. The fourth-order valence-corrected chi connectivity index (χ4v) is 3.22. The highest BCUT2D eigenvalue weighted by Gasteiger charge is 2.35. The summed E-state index contributed by atoms with van der Waals surface area (Å²) >= 11 is 0. The lowest BCUT2D eigenvalue weighted by molar-refractivity contribution is -0.122. The minimum atomic E-state index is 0.0309. The molecule has 4 nitrogen and oxygen atoms in total. The topological polar surface area (TPSA) is 55.6 Å². The van der Waals surface area contributed by atoms with Crippen LogP contribution in [0.25, 0.3) is 0 Å². The van der Waals surface area contributed by atoms with Crippen LogP contribution in [-0.4, -0.2) is 24.6 Å². The van der Waals surface area contributed by atoms with E-state index in [-0.39, 0.29) is 24.0 Å². The molecule has 0 bridgehead atoms. The first kappa shape index (κ1) is 13.4. The Hall–Kier alpha value is -1.55. The van der Waals surface area contributed by atoms with Gasteiger partial charge < -0.3 is 15.4 Å². The number of aryl methyl sites for hydroxylation is 1. The lowest BCUT2D eigenvalue weighted by Gasteiger charge is -2.35. The van der Waals surface area contributed by atoms with E-state index in [1.54, 1.807) is 0 Å². The van der Waals surface area contributed by atoms with Crippen molar-refractivity contribution >= 4 is 11.6 Å². The predicted octanol–water partition coefficient (Wildman–Crippen LogP) is 2.24. The van der Waals surface area contributed by atoms with E-state index in [0.717, 1.165) is 36.3 Å². The quantitative estimate of drug-likeness (QED) is 0.854. The second-order valence-corrected chi connectivity index (χ2v) is 6.12. The number of nitrogens with zero attached hydrogens (tertiary/aromatic N) is 1. The van der Waals surface area contributed by atoms with E-state index < -0.39 is 0 Å². The molecule has 3 atom stereocenters. The number of rotatable bonds is 1. The van der Waals surface area contributed by atoms with Gasteiger partial charge in [0, 0.05) is 12.0 Å². The molecular weight excluding hydrogens is 252 g/mol.